The quantitative estimate of drug-likeness (QED) is 0.837. The molecule has 0 aromatic carbocycles. The Morgan fingerprint density at radius 1 is 1.27 bits per heavy atom. The predicted octanol–water partition coefficient (Wildman–Crippen LogP) is 3.29. The number of ketones is 1. The highest BCUT2D eigenvalue weighted by molar-refractivity contribution is 5.75. The Labute approximate surface area is 133 Å². The van der Waals surface area contributed by atoms with Crippen molar-refractivity contribution < 1.29 is 19.4 Å². The van der Waals surface area contributed by atoms with E-state index in [2.05, 4.69) is 23.0 Å². The summed E-state index contributed by atoms with van der Waals surface area (Å²) in [5, 5.41) is 7.00. The van der Waals surface area contributed by atoms with Gasteiger partial charge in [-0.15, -0.1) is 0 Å². The van der Waals surface area contributed by atoms with Crippen LogP contribution in [0.5, 0.6) is 0 Å². The topological polar surface area (TPSA) is 89.6 Å². The number of rotatable bonds is 3. The lowest BCUT2D eigenvalue weighted by atomic mass is 10.1. The molecule has 0 saturated heterocycles. The van der Waals surface area contributed by atoms with Crippen LogP contribution in [0, 0.1) is 0 Å². The summed E-state index contributed by atoms with van der Waals surface area (Å²) in [5.41, 5.74) is 5.54. The van der Waals surface area contributed by atoms with Gasteiger partial charge >= 0.3 is 6.09 Å². The van der Waals surface area contributed by atoms with Gasteiger partial charge in [0.15, 0.2) is 0 Å². The average Bonchev–Trinajstić information content (AvgIpc) is 2.65. The van der Waals surface area contributed by atoms with Gasteiger partial charge in [-0.2, -0.15) is 0 Å². The highest BCUT2D eigenvalue weighted by atomic mass is 16.6. The molecule has 5 nitrogen and oxygen atoms in total. The first-order chi connectivity index (χ1) is 10.2. The first kappa shape index (κ1) is 22.4. The van der Waals surface area contributed by atoms with Crippen LogP contribution in [0.15, 0.2) is 36.0 Å². The molecule has 0 heterocycles. The van der Waals surface area contributed by atoms with Crippen LogP contribution in [0.2, 0.25) is 0 Å². The number of allylic oxidation sites excluding steroid dienone is 6. The standard InChI is InChI=1S/C11H14O.C5H11NO2.CH4O/c1-10(12)8-9-11-6-4-2-3-5-7-11;1-5(2,3)8-4(6)7;1-2/h2-4,6-7H,5,8-9H2,1H3;1-3H3,(H2,6,7);2H,1H3. The van der Waals surface area contributed by atoms with E-state index in [4.69, 9.17) is 10.8 Å². The lowest BCUT2D eigenvalue weighted by molar-refractivity contribution is -0.116. The van der Waals surface area contributed by atoms with E-state index in [1.54, 1.807) is 27.7 Å². The van der Waals surface area contributed by atoms with Gasteiger partial charge in [0, 0.05) is 13.5 Å². The van der Waals surface area contributed by atoms with E-state index < -0.39 is 11.7 Å². The van der Waals surface area contributed by atoms with Crippen molar-refractivity contribution in [2.45, 2.75) is 52.6 Å². The zero-order chi connectivity index (χ0) is 17.6. The van der Waals surface area contributed by atoms with Gasteiger partial charge in [0.1, 0.15) is 11.4 Å². The molecule has 0 aromatic heterocycles. The van der Waals surface area contributed by atoms with Crippen molar-refractivity contribution in [2.75, 3.05) is 7.11 Å². The Morgan fingerprint density at radius 2 is 1.86 bits per heavy atom. The van der Waals surface area contributed by atoms with Crippen molar-refractivity contribution in [3.63, 3.8) is 0 Å². The van der Waals surface area contributed by atoms with Gasteiger partial charge in [0.2, 0.25) is 0 Å². The molecule has 0 radical (unpaired) electrons. The number of nitrogens with two attached hydrogens (primary N) is 1. The number of ether oxygens (including phenoxy) is 1. The average molecular weight is 311 g/mol. The van der Waals surface area contributed by atoms with Crippen LogP contribution in [0.4, 0.5) is 4.79 Å². The zero-order valence-corrected chi connectivity index (χ0v) is 14.3. The molecule has 126 valence electrons. The smallest absolute Gasteiger partial charge is 0.405 e. The first-order valence-corrected chi connectivity index (χ1v) is 7.15. The first-order valence-electron chi connectivity index (χ1n) is 7.15. The summed E-state index contributed by atoms with van der Waals surface area (Å²) in [6, 6.07) is 0. The molecular weight excluding hydrogens is 282 g/mol. The molecule has 22 heavy (non-hydrogen) atoms. The van der Waals surface area contributed by atoms with E-state index in [0.29, 0.717) is 6.42 Å². The molecule has 0 atom stereocenters. The van der Waals surface area contributed by atoms with Gasteiger partial charge in [-0.05, 0) is 40.5 Å². The second-order valence-electron chi connectivity index (χ2n) is 5.54. The van der Waals surface area contributed by atoms with Crippen LogP contribution in [-0.2, 0) is 9.53 Å². The molecule has 0 saturated carbocycles. The Hall–Kier alpha value is -1.88. The van der Waals surface area contributed by atoms with Gasteiger partial charge in [-0.25, -0.2) is 4.79 Å². The molecule has 0 unspecified atom stereocenters. The van der Waals surface area contributed by atoms with Crippen molar-refractivity contribution in [1.82, 2.24) is 0 Å². The van der Waals surface area contributed by atoms with Crippen molar-refractivity contribution in [1.29, 1.82) is 0 Å². The van der Waals surface area contributed by atoms with E-state index in [0.717, 1.165) is 20.0 Å². The van der Waals surface area contributed by atoms with Crippen LogP contribution in [-0.4, -0.2) is 29.7 Å². The monoisotopic (exact) mass is 311 g/mol. The van der Waals surface area contributed by atoms with Crippen LogP contribution in [0.3, 0.4) is 0 Å². The lowest BCUT2D eigenvalue weighted by Gasteiger charge is -2.16. The second kappa shape index (κ2) is 12.8. The van der Waals surface area contributed by atoms with Crippen molar-refractivity contribution >= 4 is 11.9 Å². The minimum Gasteiger partial charge on any atom is -0.444 e. The number of hydrogen-bond acceptors (Lipinski definition) is 4. The minimum absolute atomic E-state index is 0.265. The van der Waals surface area contributed by atoms with E-state index in [1.807, 2.05) is 12.2 Å². The summed E-state index contributed by atoms with van der Waals surface area (Å²) in [6.45, 7) is 6.92. The fourth-order valence-electron chi connectivity index (χ4n) is 1.43. The highest BCUT2D eigenvalue weighted by Gasteiger charge is 2.12. The maximum atomic E-state index is 10.7. The molecule has 5 heteroatoms. The summed E-state index contributed by atoms with van der Waals surface area (Å²) in [4.78, 5) is 20.7. The Balaban J connectivity index is 0. The molecule has 1 rings (SSSR count). The molecule has 1 amide bonds. The highest BCUT2D eigenvalue weighted by Crippen LogP contribution is 2.11. The van der Waals surface area contributed by atoms with Crippen molar-refractivity contribution in [3.05, 3.63) is 36.0 Å². The number of primary amides is 1. The van der Waals surface area contributed by atoms with E-state index >= 15 is 0 Å². The number of amides is 1. The Morgan fingerprint density at radius 3 is 2.27 bits per heavy atom. The van der Waals surface area contributed by atoms with E-state index in [1.165, 1.54) is 5.57 Å². The number of hydrogen-bond donors (Lipinski definition) is 2. The van der Waals surface area contributed by atoms with Gasteiger partial charge in [0.05, 0.1) is 0 Å². The van der Waals surface area contributed by atoms with Gasteiger partial charge < -0.3 is 20.4 Å². The third-order valence-corrected chi connectivity index (χ3v) is 2.25. The van der Waals surface area contributed by atoms with Crippen LogP contribution < -0.4 is 5.73 Å². The zero-order valence-electron chi connectivity index (χ0n) is 14.3. The summed E-state index contributed by atoms with van der Waals surface area (Å²) in [7, 11) is 1.00. The van der Waals surface area contributed by atoms with Crippen LogP contribution in [0.25, 0.3) is 0 Å². The lowest BCUT2D eigenvalue weighted by Crippen LogP contribution is -2.27. The largest absolute Gasteiger partial charge is 0.444 e. The predicted molar refractivity (Wildman–Crippen MR) is 89.5 cm³/mol. The Kier molecular flexibility index (Phi) is 13.1. The molecular formula is C17H29NO4. The molecule has 0 aromatic rings. The Bertz CT molecular complexity index is 415. The summed E-state index contributed by atoms with van der Waals surface area (Å²) in [5.74, 6) is 0.265. The van der Waals surface area contributed by atoms with Crippen molar-refractivity contribution in [2.24, 2.45) is 5.73 Å². The molecule has 0 spiro atoms. The number of carbonyl (C=O) groups is 2. The van der Waals surface area contributed by atoms with Crippen LogP contribution in [0.1, 0.15) is 47.0 Å². The molecule has 3 N–H and O–H groups in total. The van der Waals surface area contributed by atoms with Crippen LogP contribution >= 0.6 is 0 Å². The minimum atomic E-state index is -0.725. The number of Topliss-reactive ketones (excluding diaryl/α,β-unsaturated/α-hetero) is 1. The molecule has 0 bridgehead atoms. The maximum Gasteiger partial charge on any atom is 0.405 e. The van der Waals surface area contributed by atoms with E-state index in [9.17, 15) is 9.59 Å². The number of carbonyl (C=O) groups excluding carboxylic acids is 2. The fourth-order valence-corrected chi connectivity index (χ4v) is 1.43. The summed E-state index contributed by atoms with van der Waals surface area (Å²) < 4.78 is 4.58. The number of aliphatic hydroxyl groups excluding tert-OH is 1. The number of aliphatic hydroxyl groups is 1. The summed E-state index contributed by atoms with van der Waals surface area (Å²) >= 11 is 0. The molecule has 0 fully saturated rings. The van der Waals surface area contributed by atoms with Gasteiger partial charge in [0.25, 0.3) is 0 Å². The molecule has 0 aliphatic heterocycles. The third kappa shape index (κ3) is 18.1. The fraction of sp³-hybridized carbons (Fsp3) is 0.529. The van der Waals surface area contributed by atoms with Gasteiger partial charge in [-0.1, -0.05) is 36.0 Å². The molecule has 1 aliphatic carbocycles. The van der Waals surface area contributed by atoms with E-state index in [-0.39, 0.29) is 5.78 Å². The van der Waals surface area contributed by atoms with Crippen molar-refractivity contribution in [3.8, 4) is 0 Å². The summed E-state index contributed by atoms with van der Waals surface area (Å²) in [6.07, 6.45) is 12.2. The molecule has 1 aliphatic rings. The third-order valence-electron chi connectivity index (χ3n) is 2.25. The SMILES string of the molecule is CC(=O)CCC1=CCC=CC=C1.CC(C)(C)OC(N)=O.CO. The maximum absolute atomic E-state index is 10.7. The second-order valence-corrected chi connectivity index (χ2v) is 5.54. The van der Waals surface area contributed by atoms with Gasteiger partial charge in [-0.3, -0.25) is 0 Å². The normalized spacial score (nSPS) is 12.7.